The lowest BCUT2D eigenvalue weighted by Gasteiger charge is -2.28. The van der Waals surface area contributed by atoms with Crippen molar-refractivity contribution in [1.82, 2.24) is 4.98 Å². The third-order valence-corrected chi connectivity index (χ3v) is 4.94. The summed E-state index contributed by atoms with van der Waals surface area (Å²) in [5.41, 5.74) is 6.57. The van der Waals surface area contributed by atoms with E-state index in [9.17, 15) is 0 Å². The number of benzene rings is 2. The number of nitrogens with zero attached hydrogens (tertiary/aromatic N) is 1. The number of rotatable bonds is 5. The van der Waals surface area contributed by atoms with Gasteiger partial charge in [-0.2, -0.15) is 0 Å². The number of aryl methyl sites for hydroxylation is 1. The van der Waals surface area contributed by atoms with Crippen LogP contribution in [0.1, 0.15) is 23.9 Å². The molecule has 0 aliphatic carbocycles. The molecule has 3 rings (SSSR count). The van der Waals surface area contributed by atoms with E-state index in [-0.39, 0.29) is 17.0 Å². The standard InChI is InChI=1S/C18H20N2OS.BrH/c1-13-4-3-5-14-12-15(6-7-16(13)14)21-18(2,8-9-19)17-20-10-11-22-17;/h3-7,10-12H,8-9,19H2,1-2H3;1H. The molecule has 0 saturated heterocycles. The Morgan fingerprint density at radius 3 is 2.78 bits per heavy atom. The lowest BCUT2D eigenvalue weighted by molar-refractivity contribution is 0.0796. The molecule has 0 spiro atoms. The van der Waals surface area contributed by atoms with Gasteiger partial charge in [-0.1, -0.05) is 24.3 Å². The second kappa shape index (κ2) is 7.43. The molecule has 3 aromatic rings. The molecule has 0 radical (unpaired) electrons. The van der Waals surface area contributed by atoms with E-state index >= 15 is 0 Å². The highest BCUT2D eigenvalue weighted by Crippen LogP contribution is 2.33. The van der Waals surface area contributed by atoms with Gasteiger partial charge in [0.25, 0.3) is 0 Å². The fraction of sp³-hybridized carbons (Fsp3) is 0.278. The van der Waals surface area contributed by atoms with Gasteiger partial charge >= 0.3 is 0 Å². The van der Waals surface area contributed by atoms with Crippen molar-refractivity contribution in [1.29, 1.82) is 0 Å². The molecule has 0 saturated carbocycles. The Morgan fingerprint density at radius 2 is 2.09 bits per heavy atom. The summed E-state index contributed by atoms with van der Waals surface area (Å²) >= 11 is 1.60. The summed E-state index contributed by atoms with van der Waals surface area (Å²) in [7, 11) is 0. The lowest BCUT2D eigenvalue weighted by atomic mass is 10.0. The van der Waals surface area contributed by atoms with Gasteiger partial charge in [0.2, 0.25) is 0 Å². The average molecular weight is 393 g/mol. The van der Waals surface area contributed by atoms with Gasteiger partial charge in [0.1, 0.15) is 10.8 Å². The Balaban J connectivity index is 0.00000192. The monoisotopic (exact) mass is 392 g/mol. The second-order valence-electron chi connectivity index (χ2n) is 5.67. The van der Waals surface area contributed by atoms with Gasteiger partial charge in [0.05, 0.1) is 0 Å². The maximum absolute atomic E-state index is 6.30. The molecule has 1 unspecified atom stereocenters. The van der Waals surface area contributed by atoms with Crippen LogP contribution in [0.25, 0.3) is 10.8 Å². The molecule has 1 aromatic heterocycles. The zero-order valence-electron chi connectivity index (χ0n) is 13.3. The van der Waals surface area contributed by atoms with Crippen molar-refractivity contribution in [3.63, 3.8) is 0 Å². The molecule has 0 aliphatic rings. The number of ether oxygens (including phenoxy) is 1. The number of nitrogens with two attached hydrogens (primary N) is 1. The van der Waals surface area contributed by atoms with Crippen molar-refractivity contribution in [2.45, 2.75) is 25.9 Å². The van der Waals surface area contributed by atoms with Crippen molar-refractivity contribution >= 4 is 39.1 Å². The first-order valence-electron chi connectivity index (χ1n) is 7.41. The Morgan fingerprint density at radius 1 is 1.26 bits per heavy atom. The Bertz CT molecular complexity index is 776. The Labute approximate surface area is 151 Å². The van der Waals surface area contributed by atoms with Crippen LogP contribution < -0.4 is 10.5 Å². The van der Waals surface area contributed by atoms with E-state index in [0.29, 0.717) is 6.54 Å². The van der Waals surface area contributed by atoms with Crippen LogP contribution in [0.3, 0.4) is 0 Å². The first-order valence-corrected chi connectivity index (χ1v) is 8.29. The molecule has 3 nitrogen and oxygen atoms in total. The summed E-state index contributed by atoms with van der Waals surface area (Å²) in [5, 5.41) is 5.37. The minimum Gasteiger partial charge on any atom is -0.480 e. The average Bonchev–Trinajstić information content (AvgIpc) is 3.02. The number of halogens is 1. The summed E-state index contributed by atoms with van der Waals surface area (Å²) < 4.78 is 6.30. The van der Waals surface area contributed by atoms with Crippen molar-refractivity contribution in [2.24, 2.45) is 5.73 Å². The summed E-state index contributed by atoms with van der Waals surface area (Å²) in [6, 6.07) is 12.5. The second-order valence-corrected chi connectivity index (χ2v) is 6.56. The summed E-state index contributed by atoms with van der Waals surface area (Å²) in [6.45, 7) is 4.73. The van der Waals surface area contributed by atoms with Crippen molar-refractivity contribution in [3.05, 3.63) is 58.5 Å². The quantitative estimate of drug-likeness (QED) is 0.676. The van der Waals surface area contributed by atoms with Gasteiger partial charge in [0, 0.05) is 18.0 Å². The van der Waals surface area contributed by atoms with E-state index in [1.54, 1.807) is 11.3 Å². The van der Waals surface area contributed by atoms with E-state index < -0.39 is 5.60 Å². The fourth-order valence-electron chi connectivity index (χ4n) is 2.71. The molecule has 5 heteroatoms. The van der Waals surface area contributed by atoms with E-state index in [1.807, 2.05) is 17.6 Å². The van der Waals surface area contributed by atoms with E-state index in [2.05, 4.69) is 49.2 Å². The van der Waals surface area contributed by atoms with Crippen LogP contribution >= 0.6 is 28.3 Å². The molecule has 0 bridgehead atoms. The molecule has 1 heterocycles. The predicted molar refractivity (Wildman–Crippen MR) is 103 cm³/mol. The van der Waals surface area contributed by atoms with E-state index in [0.717, 1.165) is 17.2 Å². The van der Waals surface area contributed by atoms with Gasteiger partial charge in [-0.3, -0.25) is 0 Å². The number of thiazole rings is 1. The summed E-state index contributed by atoms with van der Waals surface area (Å²) in [4.78, 5) is 4.42. The highest BCUT2D eigenvalue weighted by atomic mass is 79.9. The minimum absolute atomic E-state index is 0. The largest absolute Gasteiger partial charge is 0.480 e. The van der Waals surface area contributed by atoms with Crippen LogP contribution in [0.5, 0.6) is 5.75 Å². The van der Waals surface area contributed by atoms with Gasteiger partial charge in [0.15, 0.2) is 5.60 Å². The SMILES string of the molecule is Br.Cc1cccc2cc(OC(C)(CCN)c3nccs3)ccc12. The van der Waals surface area contributed by atoms with Crippen molar-refractivity contribution in [2.75, 3.05) is 6.54 Å². The number of hydrogen-bond acceptors (Lipinski definition) is 4. The van der Waals surface area contributed by atoms with Crippen LogP contribution in [-0.2, 0) is 5.60 Å². The highest BCUT2D eigenvalue weighted by Gasteiger charge is 2.31. The molecule has 23 heavy (non-hydrogen) atoms. The van der Waals surface area contributed by atoms with Crippen LogP contribution in [0, 0.1) is 6.92 Å². The highest BCUT2D eigenvalue weighted by molar-refractivity contribution is 8.93. The molecule has 0 aliphatic heterocycles. The van der Waals surface area contributed by atoms with E-state index in [1.165, 1.54) is 16.3 Å². The first kappa shape index (κ1) is 17.9. The zero-order valence-corrected chi connectivity index (χ0v) is 15.8. The molecule has 0 fully saturated rings. The molecule has 122 valence electrons. The van der Waals surface area contributed by atoms with Crippen LogP contribution in [0.4, 0.5) is 0 Å². The van der Waals surface area contributed by atoms with Crippen molar-refractivity contribution < 1.29 is 4.74 Å². The lowest BCUT2D eigenvalue weighted by Crippen LogP contribution is -2.32. The van der Waals surface area contributed by atoms with Crippen LogP contribution in [0.15, 0.2) is 48.0 Å². The smallest absolute Gasteiger partial charge is 0.158 e. The molecular weight excluding hydrogens is 372 g/mol. The molecule has 1 atom stereocenters. The summed E-state index contributed by atoms with van der Waals surface area (Å²) in [6.07, 6.45) is 2.54. The van der Waals surface area contributed by atoms with Gasteiger partial charge < -0.3 is 10.5 Å². The fourth-order valence-corrected chi connectivity index (χ4v) is 3.47. The van der Waals surface area contributed by atoms with Gasteiger partial charge in [-0.05, 0) is 48.9 Å². The molecular formula is C18H21BrN2OS. The number of aromatic nitrogens is 1. The number of hydrogen-bond donors (Lipinski definition) is 1. The van der Waals surface area contributed by atoms with Crippen LogP contribution in [0.2, 0.25) is 0 Å². The zero-order chi connectivity index (χ0) is 15.6. The maximum Gasteiger partial charge on any atom is 0.158 e. The third-order valence-electron chi connectivity index (χ3n) is 3.92. The molecule has 2 N–H and O–H groups in total. The Kier molecular flexibility index (Phi) is 5.79. The number of fused-ring (bicyclic) bond motifs is 1. The molecule has 0 amide bonds. The Hall–Kier alpha value is -1.43. The topological polar surface area (TPSA) is 48.1 Å². The molecule has 2 aromatic carbocycles. The minimum atomic E-state index is -0.486. The van der Waals surface area contributed by atoms with Gasteiger partial charge in [-0.25, -0.2) is 4.98 Å². The summed E-state index contributed by atoms with van der Waals surface area (Å²) in [5.74, 6) is 0.851. The van der Waals surface area contributed by atoms with Crippen LogP contribution in [-0.4, -0.2) is 11.5 Å². The van der Waals surface area contributed by atoms with Crippen molar-refractivity contribution in [3.8, 4) is 5.75 Å². The maximum atomic E-state index is 6.30. The predicted octanol–water partition coefficient (Wildman–Crippen LogP) is 4.83. The normalized spacial score (nSPS) is 13.3. The first-order chi connectivity index (χ1) is 10.6. The third kappa shape index (κ3) is 3.74. The van der Waals surface area contributed by atoms with Gasteiger partial charge in [-0.15, -0.1) is 28.3 Å². The van der Waals surface area contributed by atoms with E-state index in [4.69, 9.17) is 10.5 Å².